The van der Waals surface area contributed by atoms with E-state index in [2.05, 4.69) is 0 Å². The zero-order valence-corrected chi connectivity index (χ0v) is 8.84. The molecule has 2 rings (SSSR count). The zero-order chi connectivity index (χ0) is 12.1. The van der Waals surface area contributed by atoms with Crippen molar-refractivity contribution in [1.29, 1.82) is 0 Å². The van der Waals surface area contributed by atoms with E-state index < -0.39 is 18.1 Å². The first-order valence-corrected chi connectivity index (χ1v) is 4.82. The highest BCUT2D eigenvalue weighted by molar-refractivity contribution is 5.98. The molecule has 0 aliphatic carbocycles. The van der Waals surface area contributed by atoms with Crippen molar-refractivity contribution >= 4 is 5.91 Å². The number of aryl methyl sites for hydroxylation is 2. The highest BCUT2D eigenvalue weighted by atomic mass is 19.3. The molecule has 0 fully saturated rings. The van der Waals surface area contributed by atoms with E-state index in [4.69, 9.17) is 5.11 Å². The number of rotatable bonds is 0. The molecule has 1 heterocycles. The van der Waals surface area contributed by atoms with Gasteiger partial charge in [0.1, 0.15) is 0 Å². The largest absolute Gasteiger partial charge is 0.368 e. The summed E-state index contributed by atoms with van der Waals surface area (Å²) in [6.07, 6.45) is -2.16. The molecule has 16 heavy (non-hydrogen) atoms. The number of hydrogen-bond acceptors (Lipinski definition) is 2. The van der Waals surface area contributed by atoms with E-state index in [1.54, 1.807) is 13.0 Å². The molecule has 1 aliphatic heterocycles. The van der Waals surface area contributed by atoms with Gasteiger partial charge in [-0.1, -0.05) is 11.6 Å². The molecular weight excluding hydrogens is 216 g/mol. The molecule has 1 amide bonds. The lowest BCUT2D eigenvalue weighted by Crippen LogP contribution is -2.51. The second kappa shape index (κ2) is 3.25. The number of amides is 1. The molecule has 3 nitrogen and oxygen atoms in total. The van der Waals surface area contributed by atoms with Crippen molar-refractivity contribution in [2.75, 3.05) is 0 Å². The van der Waals surface area contributed by atoms with E-state index >= 15 is 0 Å². The third kappa shape index (κ3) is 1.39. The van der Waals surface area contributed by atoms with Gasteiger partial charge in [0.2, 0.25) is 0 Å². The topological polar surface area (TPSA) is 49.3 Å². The summed E-state index contributed by atoms with van der Waals surface area (Å²) in [4.78, 5) is 11.5. The molecule has 0 bridgehead atoms. The first-order chi connectivity index (χ1) is 7.34. The fraction of sp³-hybridized carbons (Fsp3) is 0.364. The van der Waals surface area contributed by atoms with Gasteiger partial charge in [0.15, 0.2) is 6.23 Å². The van der Waals surface area contributed by atoms with Crippen molar-refractivity contribution in [3.05, 3.63) is 34.4 Å². The SMILES string of the molecule is Cc1cc(C)c2c(c1)C(=O)NC(O)C2(F)F. The van der Waals surface area contributed by atoms with Crippen LogP contribution in [0.15, 0.2) is 12.1 Å². The third-order valence-electron chi connectivity index (χ3n) is 2.67. The number of hydrogen-bond donors (Lipinski definition) is 2. The monoisotopic (exact) mass is 227 g/mol. The van der Waals surface area contributed by atoms with E-state index in [1.165, 1.54) is 13.0 Å². The summed E-state index contributed by atoms with van der Waals surface area (Å²) in [7, 11) is 0. The number of halogens is 2. The van der Waals surface area contributed by atoms with Gasteiger partial charge in [-0.3, -0.25) is 4.79 Å². The first-order valence-electron chi connectivity index (χ1n) is 4.82. The summed E-state index contributed by atoms with van der Waals surface area (Å²) in [5.41, 5.74) is 0.606. The molecule has 1 atom stereocenters. The smallest absolute Gasteiger partial charge is 0.317 e. The number of aliphatic hydroxyl groups excluding tert-OH is 1. The van der Waals surface area contributed by atoms with Crippen LogP contribution in [-0.2, 0) is 5.92 Å². The van der Waals surface area contributed by atoms with Gasteiger partial charge in [0, 0.05) is 11.1 Å². The van der Waals surface area contributed by atoms with Crippen LogP contribution in [0.2, 0.25) is 0 Å². The van der Waals surface area contributed by atoms with Gasteiger partial charge in [0.05, 0.1) is 0 Å². The number of carbonyl (C=O) groups is 1. The minimum Gasteiger partial charge on any atom is -0.368 e. The lowest BCUT2D eigenvalue weighted by molar-refractivity contribution is -0.129. The van der Waals surface area contributed by atoms with Crippen LogP contribution in [0.3, 0.4) is 0 Å². The van der Waals surface area contributed by atoms with Crippen LogP contribution in [0.5, 0.6) is 0 Å². The fourth-order valence-corrected chi connectivity index (χ4v) is 2.02. The molecule has 1 aliphatic rings. The first kappa shape index (κ1) is 11.0. The van der Waals surface area contributed by atoms with Gasteiger partial charge in [-0.2, -0.15) is 8.78 Å². The summed E-state index contributed by atoms with van der Waals surface area (Å²) in [5, 5.41) is 11.0. The van der Waals surface area contributed by atoms with Crippen LogP contribution < -0.4 is 5.32 Å². The maximum Gasteiger partial charge on any atom is 0.317 e. The van der Waals surface area contributed by atoms with Crippen molar-refractivity contribution in [3.63, 3.8) is 0 Å². The highest BCUT2D eigenvalue weighted by Gasteiger charge is 2.48. The Labute approximate surface area is 91.1 Å². The predicted molar refractivity (Wildman–Crippen MR) is 53.3 cm³/mol. The molecule has 1 unspecified atom stereocenters. The number of nitrogens with one attached hydrogen (secondary N) is 1. The number of benzene rings is 1. The molecule has 2 N–H and O–H groups in total. The Hall–Kier alpha value is -1.49. The van der Waals surface area contributed by atoms with Crippen molar-refractivity contribution in [1.82, 2.24) is 5.32 Å². The number of carbonyl (C=O) groups excluding carboxylic acids is 1. The molecule has 0 saturated heterocycles. The lowest BCUT2D eigenvalue weighted by atomic mass is 9.90. The van der Waals surface area contributed by atoms with Crippen LogP contribution in [-0.4, -0.2) is 17.2 Å². The molecule has 0 radical (unpaired) electrons. The summed E-state index contributed by atoms with van der Waals surface area (Å²) in [5.74, 6) is -4.11. The van der Waals surface area contributed by atoms with Gasteiger partial charge in [-0.15, -0.1) is 0 Å². The van der Waals surface area contributed by atoms with Gasteiger partial charge < -0.3 is 10.4 Å². The van der Waals surface area contributed by atoms with Crippen LogP contribution in [0, 0.1) is 13.8 Å². The molecular formula is C11H11F2NO2. The average Bonchev–Trinajstić information content (AvgIpc) is 2.13. The molecule has 0 saturated carbocycles. The second-order valence-electron chi connectivity index (χ2n) is 4.00. The van der Waals surface area contributed by atoms with Crippen molar-refractivity contribution in [2.24, 2.45) is 0 Å². The van der Waals surface area contributed by atoms with E-state index in [1.807, 2.05) is 5.32 Å². The van der Waals surface area contributed by atoms with Crippen LogP contribution >= 0.6 is 0 Å². The summed E-state index contributed by atoms with van der Waals surface area (Å²) < 4.78 is 27.4. The minimum atomic E-state index is -3.44. The van der Waals surface area contributed by atoms with E-state index in [-0.39, 0.29) is 11.1 Å². The summed E-state index contributed by atoms with van der Waals surface area (Å²) in [6.45, 7) is 3.23. The maximum atomic E-state index is 13.7. The van der Waals surface area contributed by atoms with Gasteiger partial charge in [0.25, 0.3) is 5.91 Å². The Bertz CT molecular complexity index is 471. The number of fused-ring (bicyclic) bond motifs is 1. The standard InChI is InChI=1S/C11H11F2NO2/c1-5-3-6(2)8-7(4-5)9(15)14-10(16)11(8,12)13/h3-4,10,16H,1-2H3,(H,14,15). The van der Waals surface area contributed by atoms with E-state index in [9.17, 15) is 13.6 Å². The van der Waals surface area contributed by atoms with Crippen LogP contribution in [0.1, 0.15) is 27.0 Å². The molecule has 1 aromatic rings. The Morgan fingerprint density at radius 1 is 1.38 bits per heavy atom. The quantitative estimate of drug-likeness (QED) is 0.705. The number of aliphatic hydroxyl groups is 1. The van der Waals surface area contributed by atoms with Crippen molar-refractivity contribution < 1.29 is 18.7 Å². The van der Waals surface area contributed by atoms with Gasteiger partial charge >= 0.3 is 5.92 Å². The van der Waals surface area contributed by atoms with Crippen LogP contribution in [0.25, 0.3) is 0 Å². The highest BCUT2D eigenvalue weighted by Crippen LogP contribution is 2.38. The zero-order valence-electron chi connectivity index (χ0n) is 8.84. The van der Waals surface area contributed by atoms with Crippen LogP contribution in [0.4, 0.5) is 8.78 Å². The second-order valence-corrected chi connectivity index (χ2v) is 4.00. The average molecular weight is 227 g/mol. The Morgan fingerprint density at radius 3 is 2.62 bits per heavy atom. The van der Waals surface area contributed by atoms with E-state index in [0.717, 1.165) is 5.56 Å². The summed E-state index contributed by atoms with van der Waals surface area (Å²) >= 11 is 0. The van der Waals surface area contributed by atoms with Gasteiger partial charge in [-0.05, 0) is 25.5 Å². The minimum absolute atomic E-state index is 0.0622. The predicted octanol–water partition coefficient (Wildman–Crippen LogP) is 1.46. The summed E-state index contributed by atoms with van der Waals surface area (Å²) in [6, 6.07) is 2.97. The molecule has 0 aromatic heterocycles. The normalized spacial score (nSPS) is 22.6. The molecule has 1 aromatic carbocycles. The Balaban J connectivity index is 2.74. The number of alkyl halides is 2. The van der Waals surface area contributed by atoms with Crippen molar-refractivity contribution in [2.45, 2.75) is 26.0 Å². The Morgan fingerprint density at radius 2 is 2.00 bits per heavy atom. The molecule has 0 spiro atoms. The maximum absolute atomic E-state index is 13.7. The Kier molecular flexibility index (Phi) is 2.24. The molecule has 86 valence electrons. The van der Waals surface area contributed by atoms with E-state index in [0.29, 0.717) is 5.56 Å². The molecule has 5 heteroatoms. The lowest BCUT2D eigenvalue weighted by Gasteiger charge is -2.31. The fourth-order valence-electron chi connectivity index (χ4n) is 2.02. The van der Waals surface area contributed by atoms with Gasteiger partial charge in [-0.25, -0.2) is 0 Å². The third-order valence-corrected chi connectivity index (χ3v) is 2.67. The van der Waals surface area contributed by atoms with Crippen molar-refractivity contribution in [3.8, 4) is 0 Å².